The third-order valence-electron chi connectivity index (χ3n) is 5.37. The second kappa shape index (κ2) is 15.2. The van der Waals surface area contributed by atoms with Gasteiger partial charge in [-0.1, -0.05) is 84.5 Å². The van der Waals surface area contributed by atoms with Gasteiger partial charge in [0.1, 0.15) is 0 Å². The molecule has 0 fully saturated rings. The van der Waals surface area contributed by atoms with Gasteiger partial charge in [0.15, 0.2) is 0 Å². The van der Waals surface area contributed by atoms with Crippen molar-refractivity contribution in [2.24, 2.45) is 16.9 Å². The maximum Gasteiger partial charge on any atom is 0.223 e. The molecule has 0 aliphatic rings. The second-order valence-electron chi connectivity index (χ2n) is 7.65. The summed E-state index contributed by atoms with van der Waals surface area (Å²) in [4.78, 5) is 23.1. The number of unbranched alkanes of at least 4 members (excludes halogenated alkanes) is 9. The zero-order valence-corrected chi connectivity index (χ0v) is 16.8. The molecule has 0 aliphatic carbocycles. The fourth-order valence-electron chi connectivity index (χ4n) is 3.64. The van der Waals surface area contributed by atoms with E-state index in [1.165, 1.54) is 38.5 Å². The first-order valence-corrected chi connectivity index (χ1v) is 10.6. The fourth-order valence-corrected chi connectivity index (χ4v) is 3.64. The van der Waals surface area contributed by atoms with Crippen molar-refractivity contribution in [3.8, 4) is 0 Å². The average molecular weight is 355 g/mol. The second-order valence-corrected chi connectivity index (χ2v) is 7.65. The number of carbonyl (C=O) groups is 2. The SMILES string of the molecule is CCCCCCC(CCCCCC)(CCCCCCC(N)=O)C(N)=O. The van der Waals surface area contributed by atoms with Gasteiger partial charge in [-0.25, -0.2) is 0 Å². The smallest absolute Gasteiger partial charge is 0.223 e. The third-order valence-corrected chi connectivity index (χ3v) is 5.37. The van der Waals surface area contributed by atoms with E-state index in [1.54, 1.807) is 0 Å². The summed E-state index contributed by atoms with van der Waals surface area (Å²) >= 11 is 0. The molecule has 0 aromatic carbocycles. The minimum absolute atomic E-state index is 0.0994. The van der Waals surface area contributed by atoms with Crippen LogP contribution in [0.25, 0.3) is 0 Å². The van der Waals surface area contributed by atoms with Gasteiger partial charge in [-0.3, -0.25) is 9.59 Å². The molecule has 4 N–H and O–H groups in total. The van der Waals surface area contributed by atoms with Crippen LogP contribution in [0.2, 0.25) is 0 Å². The van der Waals surface area contributed by atoms with E-state index in [9.17, 15) is 9.59 Å². The quantitative estimate of drug-likeness (QED) is 0.330. The van der Waals surface area contributed by atoms with Crippen LogP contribution in [-0.2, 0) is 9.59 Å². The lowest BCUT2D eigenvalue weighted by Gasteiger charge is -2.31. The summed E-state index contributed by atoms with van der Waals surface area (Å²) in [6.07, 6.45) is 16.6. The van der Waals surface area contributed by atoms with Crippen molar-refractivity contribution < 1.29 is 9.59 Å². The minimum atomic E-state index is -0.314. The molecule has 0 radical (unpaired) electrons. The number of nitrogens with two attached hydrogens (primary N) is 2. The van der Waals surface area contributed by atoms with Crippen molar-refractivity contribution >= 4 is 11.8 Å². The van der Waals surface area contributed by atoms with Gasteiger partial charge in [-0.05, 0) is 25.7 Å². The Hall–Kier alpha value is -1.06. The summed E-state index contributed by atoms with van der Waals surface area (Å²) in [5.41, 5.74) is 10.7. The Labute approximate surface area is 155 Å². The predicted octanol–water partition coefficient (Wildman–Crippen LogP) is 5.22. The van der Waals surface area contributed by atoms with Crippen LogP contribution in [0.15, 0.2) is 0 Å². The maximum absolute atomic E-state index is 12.3. The van der Waals surface area contributed by atoms with Crippen molar-refractivity contribution in [3.05, 3.63) is 0 Å². The molecule has 4 nitrogen and oxygen atoms in total. The van der Waals surface area contributed by atoms with E-state index in [0.29, 0.717) is 6.42 Å². The fraction of sp³-hybridized carbons (Fsp3) is 0.905. The van der Waals surface area contributed by atoms with Crippen molar-refractivity contribution in [1.82, 2.24) is 0 Å². The Bertz CT molecular complexity index is 344. The summed E-state index contributed by atoms with van der Waals surface area (Å²) in [5.74, 6) is -0.323. The molecule has 0 rings (SSSR count). The molecule has 0 aromatic heterocycles. The van der Waals surface area contributed by atoms with E-state index < -0.39 is 0 Å². The van der Waals surface area contributed by atoms with Crippen LogP contribution in [0.4, 0.5) is 0 Å². The van der Waals surface area contributed by atoms with E-state index >= 15 is 0 Å². The number of carbonyl (C=O) groups excluding carboxylic acids is 2. The molecule has 0 saturated carbocycles. The van der Waals surface area contributed by atoms with Crippen molar-refractivity contribution in [3.63, 3.8) is 0 Å². The van der Waals surface area contributed by atoms with Gasteiger partial charge in [-0.15, -0.1) is 0 Å². The molecule has 0 aromatic rings. The Morgan fingerprint density at radius 3 is 1.40 bits per heavy atom. The Morgan fingerprint density at radius 1 is 0.640 bits per heavy atom. The van der Waals surface area contributed by atoms with E-state index in [1.807, 2.05) is 0 Å². The Morgan fingerprint density at radius 2 is 1.04 bits per heavy atom. The highest BCUT2D eigenvalue weighted by Gasteiger charge is 2.34. The van der Waals surface area contributed by atoms with Gasteiger partial charge < -0.3 is 11.5 Å². The summed E-state index contributed by atoms with van der Waals surface area (Å²) in [6.45, 7) is 4.41. The van der Waals surface area contributed by atoms with Gasteiger partial charge in [-0.2, -0.15) is 0 Å². The Kier molecular flexibility index (Phi) is 14.6. The summed E-state index contributed by atoms with van der Waals surface area (Å²) in [7, 11) is 0. The van der Waals surface area contributed by atoms with Gasteiger partial charge in [0.2, 0.25) is 11.8 Å². The summed E-state index contributed by atoms with van der Waals surface area (Å²) in [5, 5.41) is 0. The first-order chi connectivity index (χ1) is 12.0. The molecule has 4 heteroatoms. The zero-order chi connectivity index (χ0) is 19.0. The largest absolute Gasteiger partial charge is 0.370 e. The topological polar surface area (TPSA) is 86.2 Å². The normalized spacial score (nSPS) is 11.6. The lowest BCUT2D eigenvalue weighted by molar-refractivity contribution is -0.129. The van der Waals surface area contributed by atoms with Crippen LogP contribution >= 0.6 is 0 Å². The molecule has 0 bridgehead atoms. The van der Waals surface area contributed by atoms with Crippen LogP contribution in [0, 0.1) is 5.41 Å². The van der Waals surface area contributed by atoms with Gasteiger partial charge >= 0.3 is 0 Å². The molecule has 0 heterocycles. The molecule has 0 spiro atoms. The molecule has 0 saturated heterocycles. The summed E-state index contributed by atoms with van der Waals surface area (Å²) in [6, 6.07) is 0. The molecular weight excluding hydrogens is 312 g/mol. The first-order valence-electron chi connectivity index (χ1n) is 10.6. The molecule has 0 atom stereocenters. The van der Waals surface area contributed by atoms with Gasteiger partial charge in [0.25, 0.3) is 0 Å². The number of hydrogen-bond acceptors (Lipinski definition) is 2. The standard InChI is InChI=1S/C21H42N2O2/c1-3-5-7-12-16-21(20(23)25,17-13-8-6-4-2)18-14-10-9-11-15-19(22)24/h3-18H2,1-2H3,(H2,22,24)(H2,23,25). The molecule has 0 unspecified atom stereocenters. The lowest BCUT2D eigenvalue weighted by atomic mass is 9.73. The van der Waals surface area contributed by atoms with Crippen LogP contribution in [-0.4, -0.2) is 11.8 Å². The average Bonchev–Trinajstić information content (AvgIpc) is 2.57. The van der Waals surface area contributed by atoms with Crippen LogP contribution < -0.4 is 11.5 Å². The van der Waals surface area contributed by atoms with Crippen LogP contribution in [0.5, 0.6) is 0 Å². The van der Waals surface area contributed by atoms with E-state index in [4.69, 9.17) is 11.5 Å². The van der Waals surface area contributed by atoms with Gasteiger partial charge in [0.05, 0.1) is 0 Å². The van der Waals surface area contributed by atoms with Crippen molar-refractivity contribution in [2.75, 3.05) is 0 Å². The molecule has 25 heavy (non-hydrogen) atoms. The van der Waals surface area contributed by atoms with Crippen LogP contribution in [0.3, 0.4) is 0 Å². The number of hydrogen-bond donors (Lipinski definition) is 2. The lowest BCUT2D eigenvalue weighted by Crippen LogP contribution is -2.37. The van der Waals surface area contributed by atoms with E-state index in [2.05, 4.69) is 13.8 Å². The van der Waals surface area contributed by atoms with Crippen LogP contribution in [0.1, 0.15) is 117 Å². The molecular formula is C21H42N2O2. The first kappa shape index (κ1) is 23.9. The molecule has 148 valence electrons. The monoisotopic (exact) mass is 354 g/mol. The number of rotatable bonds is 18. The third kappa shape index (κ3) is 12.0. The molecule has 0 aliphatic heterocycles. The highest BCUT2D eigenvalue weighted by atomic mass is 16.1. The van der Waals surface area contributed by atoms with Gasteiger partial charge in [0, 0.05) is 11.8 Å². The number of primary amides is 2. The Balaban J connectivity index is 4.48. The molecule has 2 amide bonds. The highest BCUT2D eigenvalue weighted by molar-refractivity contribution is 5.80. The summed E-state index contributed by atoms with van der Waals surface area (Å²) < 4.78 is 0. The van der Waals surface area contributed by atoms with Crippen molar-refractivity contribution in [2.45, 2.75) is 117 Å². The predicted molar refractivity (Wildman–Crippen MR) is 106 cm³/mol. The maximum atomic E-state index is 12.3. The van der Waals surface area contributed by atoms with Crippen molar-refractivity contribution in [1.29, 1.82) is 0 Å². The minimum Gasteiger partial charge on any atom is -0.370 e. The highest BCUT2D eigenvalue weighted by Crippen LogP contribution is 2.37. The van der Waals surface area contributed by atoms with E-state index in [-0.39, 0.29) is 17.2 Å². The number of amides is 2. The zero-order valence-electron chi connectivity index (χ0n) is 16.8. The van der Waals surface area contributed by atoms with E-state index in [0.717, 1.165) is 57.8 Å².